The van der Waals surface area contributed by atoms with Crippen LogP contribution in [0.2, 0.25) is 0 Å². The maximum Gasteiger partial charge on any atom is 0.268 e. The lowest BCUT2D eigenvalue weighted by Crippen LogP contribution is -2.27. The van der Waals surface area contributed by atoms with E-state index in [0.717, 1.165) is 18.5 Å². The van der Waals surface area contributed by atoms with E-state index in [4.69, 9.17) is 0 Å². The van der Waals surface area contributed by atoms with E-state index >= 15 is 0 Å². The molecule has 1 amide bonds. The standard InChI is InChI=1S/C16H19N3O2/c1-10-8-17-13(11(2)15(10)20)9-18-16(21)14-4-3-7-19(14)12-5-6-12/h3-4,7-8,12H,5-6,9H2,1-2H3,(H,17,20)(H,18,21). The van der Waals surface area contributed by atoms with Crippen molar-refractivity contribution in [2.45, 2.75) is 39.3 Å². The first-order valence-corrected chi connectivity index (χ1v) is 7.20. The average molecular weight is 285 g/mol. The van der Waals surface area contributed by atoms with E-state index in [9.17, 15) is 9.59 Å². The summed E-state index contributed by atoms with van der Waals surface area (Å²) < 4.78 is 2.03. The van der Waals surface area contributed by atoms with Gasteiger partial charge in [-0.1, -0.05) is 0 Å². The fourth-order valence-corrected chi connectivity index (χ4v) is 2.50. The van der Waals surface area contributed by atoms with Gasteiger partial charge in [0.05, 0.1) is 6.54 Å². The van der Waals surface area contributed by atoms with Gasteiger partial charge in [-0.3, -0.25) is 9.59 Å². The summed E-state index contributed by atoms with van der Waals surface area (Å²) in [6.07, 6.45) is 5.91. The Kier molecular flexibility index (Phi) is 3.41. The van der Waals surface area contributed by atoms with Crippen molar-refractivity contribution in [2.24, 2.45) is 0 Å². The van der Waals surface area contributed by atoms with Crippen LogP contribution in [0, 0.1) is 13.8 Å². The summed E-state index contributed by atoms with van der Waals surface area (Å²) in [5, 5.41) is 2.88. The second kappa shape index (κ2) is 5.24. The molecule has 0 atom stereocenters. The minimum Gasteiger partial charge on any atom is -0.363 e. The van der Waals surface area contributed by atoms with Crippen LogP contribution >= 0.6 is 0 Å². The van der Waals surface area contributed by atoms with Gasteiger partial charge in [0.1, 0.15) is 5.69 Å². The largest absolute Gasteiger partial charge is 0.363 e. The van der Waals surface area contributed by atoms with E-state index in [2.05, 4.69) is 10.3 Å². The SMILES string of the molecule is Cc1c[nH]c(CNC(=O)c2cccn2C2CC2)c(C)c1=O. The Labute approximate surface area is 123 Å². The number of hydrogen-bond donors (Lipinski definition) is 2. The van der Waals surface area contributed by atoms with E-state index in [1.807, 2.05) is 22.9 Å². The molecular formula is C16H19N3O2. The lowest BCUT2D eigenvalue weighted by atomic mass is 10.1. The summed E-state index contributed by atoms with van der Waals surface area (Å²) in [4.78, 5) is 27.2. The van der Waals surface area contributed by atoms with Crippen molar-refractivity contribution in [3.63, 3.8) is 0 Å². The number of aromatic nitrogens is 2. The lowest BCUT2D eigenvalue weighted by molar-refractivity contribution is 0.0941. The number of H-pyrrole nitrogens is 1. The molecule has 1 fully saturated rings. The minimum absolute atomic E-state index is 0.0272. The molecule has 1 aliphatic carbocycles. The van der Waals surface area contributed by atoms with E-state index in [0.29, 0.717) is 29.4 Å². The zero-order valence-electron chi connectivity index (χ0n) is 12.3. The first kappa shape index (κ1) is 13.7. The van der Waals surface area contributed by atoms with Gasteiger partial charge in [0.25, 0.3) is 5.91 Å². The van der Waals surface area contributed by atoms with Gasteiger partial charge in [-0.2, -0.15) is 0 Å². The number of aromatic amines is 1. The molecule has 0 spiro atoms. The van der Waals surface area contributed by atoms with Crippen molar-refractivity contribution in [1.29, 1.82) is 0 Å². The highest BCUT2D eigenvalue weighted by Crippen LogP contribution is 2.35. The van der Waals surface area contributed by atoms with Crippen LogP contribution < -0.4 is 10.7 Å². The van der Waals surface area contributed by atoms with Gasteiger partial charge in [0.2, 0.25) is 0 Å². The summed E-state index contributed by atoms with van der Waals surface area (Å²) in [5.41, 5.74) is 2.81. The van der Waals surface area contributed by atoms with Gasteiger partial charge in [0, 0.05) is 35.3 Å². The van der Waals surface area contributed by atoms with Crippen LogP contribution in [-0.2, 0) is 6.54 Å². The Morgan fingerprint density at radius 2 is 2.19 bits per heavy atom. The number of nitrogens with zero attached hydrogens (tertiary/aromatic N) is 1. The van der Waals surface area contributed by atoms with Crippen LogP contribution in [0.25, 0.3) is 0 Å². The summed E-state index contributed by atoms with van der Waals surface area (Å²) in [7, 11) is 0. The molecule has 0 saturated heterocycles. The first-order valence-electron chi connectivity index (χ1n) is 7.20. The molecule has 0 radical (unpaired) electrons. The molecule has 0 unspecified atom stereocenters. The summed E-state index contributed by atoms with van der Waals surface area (Å²) in [5.74, 6) is -0.104. The van der Waals surface area contributed by atoms with Crippen molar-refractivity contribution >= 4 is 5.91 Å². The fourth-order valence-electron chi connectivity index (χ4n) is 2.50. The molecule has 1 aliphatic rings. The van der Waals surface area contributed by atoms with Gasteiger partial charge >= 0.3 is 0 Å². The second-order valence-corrected chi connectivity index (χ2v) is 5.62. The van der Waals surface area contributed by atoms with E-state index < -0.39 is 0 Å². The van der Waals surface area contributed by atoms with Crippen molar-refractivity contribution in [1.82, 2.24) is 14.9 Å². The van der Waals surface area contributed by atoms with Crippen LogP contribution in [-0.4, -0.2) is 15.5 Å². The molecule has 0 aromatic carbocycles. The number of nitrogens with one attached hydrogen (secondary N) is 2. The fraction of sp³-hybridized carbons (Fsp3) is 0.375. The van der Waals surface area contributed by atoms with Crippen molar-refractivity contribution < 1.29 is 4.79 Å². The van der Waals surface area contributed by atoms with Gasteiger partial charge in [-0.15, -0.1) is 0 Å². The molecule has 0 aliphatic heterocycles. The Bertz CT molecular complexity index is 738. The van der Waals surface area contributed by atoms with Gasteiger partial charge in [0.15, 0.2) is 5.43 Å². The number of rotatable bonds is 4. The molecule has 21 heavy (non-hydrogen) atoms. The zero-order valence-corrected chi connectivity index (χ0v) is 12.3. The minimum atomic E-state index is -0.104. The number of hydrogen-bond acceptors (Lipinski definition) is 2. The predicted molar refractivity (Wildman–Crippen MR) is 80.4 cm³/mol. The normalized spacial score (nSPS) is 14.2. The van der Waals surface area contributed by atoms with E-state index in [1.165, 1.54) is 0 Å². The molecule has 3 rings (SSSR count). The van der Waals surface area contributed by atoms with Crippen LogP contribution in [0.1, 0.15) is 46.2 Å². The monoisotopic (exact) mass is 285 g/mol. The number of amides is 1. The molecule has 110 valence electrons. The molecule has 5 nitrogen and oxygen atoms in total. The molecular weight excluding hydrogens is 266 g/mol. The third-order valence-corrected chi connectivity index (χ3v) is 3.99. The van der Waals surface area contributed by atoms with Crippen LogP contribution in [0.4, 0.5) is 0 Å². The Morgan fingerprint density at radius 1 is 1.43 bits per heavy atom. The quantitative estimate of drug-likeness (QED) is 0.903. The van der Waals surface area contributed by atoms with Crippen molar-refractivity contribution in [2.75, 3.05) is 0 Å². The summed E-state index contributed by atoms with van der Waals surface area (Å²) in [6, 6.07) is 4.20. The second-order valence-electron chi connectivity index (χ2n) is 5.62. The summed E-state index contributed by atoms with van der Waals surface area (Å²) >= 11 is 0. The molecule has 2 N–H and O–H groups in total. The molecule has 2 heterocycles. The van der Waals surface area contributed by atoms with Gasteiger partial charge in [-0.05, 0) is 38.8 Å². The topological polar surface area (TPSA) is 66.9 Å². The van der Waals surface area contributed by atoms with Gasteiger partial charge < -0.3 is 14.9 Å². The van der Waals surface area contributed by atoms with Crippen molar-refractivity contribution in [3.8, 4) is 0 Å². The van der Waals surface area contributed by atoms with Crippen LogP contribution in [0.3, 0.4) is 0 Å². The molecule has 0 bridgehead atoms. The first-order chi connectivity index (χ1) is 10.1. The Morgan fingerprint density at radius 3 is 2.90 bits per heavy atom. The molecule has 2 aromatic rings. The smallest absolute Gasteiger partial charge is 0.268 e. The Balaban J connectivity index is 1.73. The van der Waals surface area contributed by atoms with E-state index in [1.54, 1.807) is 20.0 Å². The van der Waals surface area contributed by atoms with Crippen molar-refractivity contribution in [3.05, 3.63) is 57.3 Å². The highest BCUT2D eigenvalue weighted by molar-refractivity contribution is 5.92. The van der Waals surface area contributed by atoms with Gasteiger partial charge in [-0.25, -0.2) is 0 Å². The highest BCUT2D eigenvalue weighted by Gasteiger charge is 2.26. The number of carbonyl (C=O) groups is 1. The van der Waals surface area contributed by atoms with Crippen LogP contribution in [0.15, 0.2) is 29.3 Å². The highest BCUT2D eigenvalue weighted by atomic mass is 16.2. The summed E-state index contributed by atoms with van der Waals surface area (Å²) in [6.45, 7) is 3.88. The number of aryl methyl sites for hydroxylation is 1. The lowest BCUT2D eigenvalue weighted by Gasteiger charge is -2.10. The maximum absolute atomic E-state index is 12.3. The number of carbonyl (C=O) groups excluding carboxylic acids is 1. The predicted octanol–water partition coefficient (Wildman–Crippen LogP) is 2.06. The van der Waals surface area contributed by atoms with E-state index in [-0.39, 0.29) is 11.3 Å². The third-order valence-electron chi connectivity index (χ3n) is 3.99. The van der Waals surface area contributed by atoms with Crippen LogP contribution in [0.5, 0.6) is 0 Å². The number of pyridine rings is 1. The Hall–Kier alpha value is -2.30. The maximum atomic E-state index is 12.3. The third kappa shape index (κ3) is 2.63. The molecule has 1 saturated carbocycles. The zero-order chi connectivity index (χ0) is 15.0. The molecule has 2 aromatic heterocycles. The average Bonchev–Trinajstić information content (AvgIpc) is 3.21. The molecule has 5 heteroatoms.